The smallest absolute Gasteiger partial charge is 0.407 e. The monoisotopic (exact) mass is 303 g/mol. The van der Waals surface area contributed by atoms with E-state index in [2.05, 4.69) is 15.6 Å². The molecule has 0 aliphatic carbocycles. The first-order valence-electron chi connectivity index (χ1n) is 7.14. The summed E-state index contributed by atoms with van der Waals surface area (Å²) in [4.78, 5) is 15.4. The molecule has 0 saturated heterocycles. The highest BCUT2D eigenvalue weighted by molar-refractivity contribution is 5.67. The summed E-state index contributed by atoms with van der Waals surface area (Å²) in [5.74, 6) is 0.734. The minimum absolute atomic E-state index is 0.407. The third kappa shape index (κ3) is 5.12. The van der Waals surface area contributed by atoms with Gasteiger partial charge in [0.1, 0.15) is 5.60 Å². The van der Waals surface area contributed by atoms with Crippen LogP contribution in [0.2, 0.25) is 0 Å². The van der Waals surface area contributed by atoms with Crippen LogP contribution in [0, 0.1) is 0 Å². The molecule has 118 valence electrons. The summed E-state index contributed by atoms with van der Waals surface area (Å²) in [6.45, 7) is 6.60. The molecule has 1 aromatic carbocycles. The molecule has 1 amide bonds. The van der Waals surface area contributed by atoms with Crippen LogP contribution in [0.3, 0.4) is 0 Å². The molecule has 2 aromatic rings. The average molecular weight is 303 g/mol. The number of hydrogen-bond acceptors (Lipinski definition) is 5. The number of alkyl carbamates (subject to hydrolysis) is 1. The fourth-order valence-electron chi connectivity index (χ4n) is 1.80. The summed E-state index contributed by atoms with van der Waals surface area (Å²) in [7, 11) is 0. The van der Waals surface area contributed by atoms with Gasteiger partial charge in [-0.3, -0.25) is 0 Å². The van der Waals surface area contributed by atoms with Crippen LogP contribution in [-0.2, 0) is 4.74 Å². The minimum atomic E-state index is -0.478. The maximum absolute atomic E-state index is 11.5. The van der Waals surface area contributed by atoms with Gasteiger partial charge in [0, 0.05) is 24.3 Å². The molecule has 0 spiro atoms. The standard InChI is InChI=1S/C16H21N3O3/c1-16(2,3)22-15(20)19-9-8-18-13-6-4-12(5-7-13)14-10-17-11-21-14/h4-7,10-11,18H,8-9H2,1-3H3,(H,19,20). The Morgan fingerprint density at radius 1 is 1.23 bits per heavy atom. The lowest BCUT2D eigenvalue weighted by Crippen LogP contribution is -2.34. The number of aromatic nitrogens is 1. The van der Waals surface area contributed by atoms with Gasteiger partial charge in [0.05, 0.1) is 6.20 Å². The second-order valence-corrected chi connectivity index (χ2v) is 5.80. The van der Waals surface area contributed by atoms with E-state index >= 15 is 0 Å². The van der Waals surface area contributed by atoms with Crippen LogP contribution in [-0.4, -0.2) is 29.8 Å². The second kappa shape index (κ2) is 6.98. The molecular weight excluding hydrogens is 282 g/mol. The number of nitrogens with one attached hydrogen (secondary N) is 2. The van der Waals surface area contributed by atoms with Gasteiger partial charge in [-0.2, -0.15) is 0 Å². The van der Waals surface area contributed by atoms with Gasteiger partial charge in [-0.25, -0.2) is 9.78 Å². The summed E-state index contributed by atoms with van der Waals surface area (Å²) in [6, 6.07) is 7.80. The van der Waals surface area contributed by atoms with E-state index in [1.165, 1.54) is 6.39 Å². The maximum atomic E-state index is 11.5. The summed E-state index contributed by atoms with van der Waals surface area (Å²) < 4.78 is 10.4. The van der Waals surface area contributed by atoms with E-state index in [1.54, 1.807) is 6.20 Å². The molecule has 1 heterocycles. The summed E-state index contributed by atoms with van der Waals surface area (Å²) in [5, 5.41) is 5.92. The van der Waals surface area contributed by atoms with E-state index in [9.17, 15) is 4.79 Å². The lowest BCUT2D eigenvalue weighted by Gasteiger charge is -2.19. The molecular formula is C16H21N3O3. The van der Waals surface area contributed by atoms with Gasteiger partial charge in [-0.05, 0) is 45.0 Å². The highest BCUT2D eigenvalue weighted by Crippen LogP contribution is 2.20. The number of carbonyl (C=O) groups is 1. The number of ether oxygens (including phenoxy) is 1. The average Bonchev–Trinajstić information content (AvgIpc) is 2.96. The van der Waals surface area contributed by atoms with E-state index in [0.717, 1.165) is 17.0 Å². The Morgan fingerprint density at radius 2 is 1.95 bits per heavy atom. The molecule has 0 bridgehead atoms. The van der Waals surface area contributed by atoms with Gasteiger partial charge < -0.3 is 19.8 Å². The van der Waals surface area contributed by atoms with Crippen molar-refractivity contribution in [3.05, 3.63) is 36.9 Å². The van der Waals surface area contributed by atoms with Crippen molar-refractivity contribution in [1.29, 1.82) is 0 Å². The number of anilines is 1. The highest BCUT2D eigenvalue weighted by Gasteiger charge is 2.15. The number of oxazole rings is 1. The Kier molecular flexibility index (Phi) is 5.04. The minimum Gasteiger partial charge on any atom is -0.444 e. The lowest BCUT2D eigenvalue weighted by atomic mass is 10.2. The Bertz CT molecular complexity index is 586. The zero-order chi connectivity index (χ0) is 16.0. The molecule has 0 aliphatic rings. The number of rotatable bonds is 5. The maximum Gasteiger partial charge on any atom is 0.407 e. The fourth-order valence-corrected chi connectivity index (χ4v) is 1.80. The van der Waals surface area contributed by atoms with E-state index < -0.39 is 11.7 Å². The molecule has 22 heavy (non-hydrogen) atoms. The summed E-state index contributed by atoms with van der Waals surface area (Å²) in [5.41, 5.74) is 1.46. The molecule has 0 unspecified atom stereocenters. The lowest BCUT2D eigenvalue weighted by molar-refractivity contribution is 0.0530. The first-order chi connectivity index (χ1) is 10.4. The molecule has 0 saturated carbocycles. The summed E-state index contributed by atoms with van der Waals surface area (Å²) in [6.07, 6.45) is 2.67. The zero-order valence-electron chi connectivity index (χ0n) is 13.1. The van der Waals surface area contributed by atoms with Gasteiger partial charge in [0.2, 0.25) is 0 Å². The number of amides is 1. The molecule has 0 aliphatic heterocycles. The van der Waals surface area contributed by atoms with Crippen LogP contribution in [0.25, 0.3) is 11.3 Å². The molecule has 0 fully saturated rings. The van der Waals surface area contributed by atoms with Gasteiger partial charge in [-0.1, -0.05) is 0 Å². The van der Waals surface area contributed by atoms with Gasteiger partial charge >= 0.3 is 6.09 Å². The molecule has 0 atom stereocenters. The first-order valence-corrected chi connectivity index (χ1v) is 7.14. The van der Waals surface area contributed by atoms with Crippen molar-refractivity contribution in [3.63, 3.8) is 0 Å². The largest absolute Gasteiger partial charge is 0.444 e. The SMILES string of the molecule is CC(C)(C)OC(=O)NCCNc1ccc(-c2cnco2)cc1. The van der Waals surface area contributed by atoms with Crippen molar-refractivity contribution in [3.8, 4) is 11.3 Å². The number of benzene rings is 1. The van der Waals surface area contributed by atoms with Crippen LogP contribution in [0.4, 0.5) is 10.5 Å². The van der Waals surface area contributed by atoms with Crippen LogP contribution in [0.15, 0.2) is 41.3 Å². The first kappa shape index (κ1) is 15.9. The van der Waals surface area contributed by atoms with Crippen LogP contribution in [0.1, 0.15) is 20.8 Å². The molecule has 6 nitrogen and oxygen atoms in total. The van der Waals surface area contributed by atoms with Gasteiger partial charge in [-0.15, -0.1) is 0 Å². The van der Waals surface area contributed by atoms with Crippen molar-refractivity contribution < 1.29 is 13.9 Å². The van der Waals surface area contributed by atoms with Crippen molar-refractivity contribution in [2.75, 3.05) is 18.4 Å². The Labute approximate surface area is 129 Å². The van der Waals surface area contributed by atoms with Crippen LogP contribution >= 0.6 is 0 Å². The van der Waals surface area contributed by atoms with Crippen LogP contribution in [0.5, 0.6) is 0 Å². The highest BCUT2D eigenvalue weighted by atomic mass is 16.6. The fraction of sp³-hybridized carbons (Fsp3) is 0.375. The Morgan fingerprint density at radius 3 is 2.55 bits per heavy atom. The number of nitrogens with zero attached hydrogens (tertiary/aromatic N) is 1. The van der Waals surface area contributed by atoms with Gasteiger partial charge in [0.15, 0.2) is 12.2 Å². The predicted molar refractivity (Wildman–Crippen MR) is 84.7 cm³/mol. The molecule has 2 rings (SSSR count). The van der Waals surface area contributed by atoms with E-state index in [0.29, 0.717) is 13.1 Å². The van der Waals surface area contributed by atoms with Gasteiger partial charge in [0.25, 0.3) is 0 Å². The van der Waals surface area contributed by atoms with E-state index in [4.69, 9.17) is 9.15 Å². The number of carbonyl (C=O) groups excluding carboxylic acids is 1. The van der Waals surface area contributed by atoms with Crippen molar-refractivity contribution in [2.24, 2.45) is 0 Å². The van der Waals surface area contributed by atoms with Crippen LogP contribution < -0.4 is 10.6 Å². The molecule has 1 aromatic heterocycles. The van der Waals surface area contributed by atoms with E-state index in [1.807, 2.05) is 45.0 Å². The van der Waals surface area contributed by atoms with Crippen molar-refractivity contribution in [1.82, 2.24) is 10.3 Å². The van der Waals surface area contributed by atoms with Crippen molar-refractivity contribution >= 4 is 11.8 Å². The van der Waals surface area contributed by atoms with E-state index in [-0.39, 0.29) is 0 Å². The molecule has 6 heteroatoms. The topological polar surface area (TPSA) is 76.4 Å². The Balaban J connectivity index is 1.72. The Hall–Kier alpha value is -2.50. The summed E-state index contributed by atoms with van der Waals surface area (Å²) >= 11 is 0. The van der Waals surface area contributed by atoms with Crippen molar-refractivity contribution in [2.45, 2.75) is 26.4 Å². The normalized spacial score (nSPS) is 11.0. The zero-order valence-corrected chi connectivity index (χ0v) is 13.1. The third-order valence-corrected chi connectivity index (χ3v) is 2.72. The predicted octanol–water partition coefficient (Wildman–Crippen LogP) is 3.28. The second-order valence-electron chi connectivity index (χ2n) is 5.80. The molecule has 0 radical (unpaired) electrons. The third-order valence-electron chi connectivity index (χ3n) is 2.72. The quantitative estimate of drug-likeness (QED) is 0.829. The number of hydrogen-bond donors (Lipinski definition) is 2. The molecule has 2 N–H and O–H groups in total.